The molecule has 1 aromatic rings. The summed E-state index contributed by atoms with van der Waals surface area (Å²) in [5.74, 6) is 0.0315. The minimum Gasteiger partial charge on any atom is -0.441 e. The number of carbonyl (C=O) groups is 2. The number of amides is 2. The maximum Gasteiger partial charge on any atom is 0.329 e. The molecule has 1 atom stereocenters. The van der Waals surface area contributed by atoms with E-state index in [1.807, 2.05) is 0 Å². The molecule has 7 nitrogen and oxygen atoms in total. The Morgan fingerprint density at radius 2 is 2.00 bits per heavy atom. The Hall–Kier alpha value is -1.96. The molecule has 1 aromatic heterocycles. The van der Waals surface area contributed by atoms with Crippen LogP contribution >= 0.6 is 11.3 Å². The average molecular weight is 378 g/mol. The summed E-state index contributed by atoms with van der Waals surface area (Å²) in [6.07, 6.45) is 8.76. The molecule has 3 rings (SSSR count). The minimum absolute atomic E-state index is 0.123. The number of hydrogen-bond donors (Lipinski definition) is 0. The minimum atomic E-state index is -0.638. The fourth-order valence-electron chi connectivity index (χ4n) is 3.49. The molecule has 2 amide bonds. The molecule has 1 aliphatic heterocycles. The molecule has 0 radical (unpaired) electrons. The van der Waals surface area contributed by atoms with Crippen LogP contribution in [-0.4, -0.2) is 46.9 Å². The Kier molecular flexibility index (Phi) is 6.24. The Morgan fingerprint density at radius 3 is 2.69 bits per heavy atom. The van der Waals surface area contributed by atoms with Gasteiger partial charge in [0.15, 0.2) is 6.23 Å². The first-order chi connectivity index (χ1) is 12.6. The number of rotatable bonds is 5. The first-order valence-electron chi connectivity index (χ1n) is 9.28. The van der Waals surface area contributed by atoms with Gasteiger partial charge in [-0.05, 0) is 12.8 Å². The van der Waals surface area contributed by atoms with Gasteiger partial charge in [0.05, 0.1) is 6.42 Å². The van der Waals surface area contributed by atoms with Crippen molar-refractivity contribution in [1.82, 2.24) is 15.1 Å². The molecule has 0 bridgehead atoms. The van der Waals surface area contributed by atoms with Gasteiger partial charge in [-0.1, -0.05) is 43.1 Å². The van der Waals surface area contributed by atoms with E-state index in [0.717, 1.165) is 17.8 Å². The van der Waals surface area contributed by atoms with Crippen molar-refractivity contribution in [2.45, 2.75) is 63.5 Å². The van der Waals surface area contributed by atoms with Crippen molar-refractivity contribution in [3.05, 3.63) is 17.7 Å². The fourth-order valence-corrected chi connectivity index (χ4v) is 4.53. The Morgan fingerprint density at radius 1 is 1.27 bits per heavy atom. The maximum atomic E-state index is 12.7. The molecule has 1 unspecified atom stereocenters. The number of hydrogen-bond acceptors (Lipinski definition) is 6. The van der Waals surface area contributed by atoms with E-state index in [2.05, 4.69) is 16.8 Å². The highest BCUT2D eigenvalue weighted by Crippen LogP contribution is 2.36. The molecule has 2 fully saturated rings. The van der Waals surface area contributed by atoms with Gasteiger partial charge in [0.25, 0.3) is 0 Å². The number of aromatic nitrogens is 2. The first-order valence-corrected chi connectivity index (χ1v) is 10.1. The third kappa shape index (κ3) is 4.23. The van der Waals surface area contributed by atoms with Gasteiger partial charge in [0.2, 0.25) is 5.13 Å². The fraction of sp³-hybridized carbons (Fsp3) is 0.667. The van der Waals surface area contributed by atoms with Gasteiger partial charge in [0.1, 0.15) is 5.01 Å². The molecule has 0 N–H and O–H groups in total. The number of anilines is 1. The lowest BCUT2D eigenvalue weighted by molar-refractivity contribution is -0.148. The van der Waals surface area contributed by atoms with Crippen LogP contribution in [0.4, 0.5) is 9.93 Å². The van der Waals surface area contributed by atoms with Crippen molar-refractivity contribution in [3.8, 4) is 0 Å². The Balaban J connectivity index is 1.79. The zero-order chi connectivity index (χ0) is 18.5. The number of ether oxygens (including phenoxy) is 1. The lowest BCUT2D eigenvalue weighted by Gasteiger charge is -2.37. The van der Waals surface area contributed by atoms with E-state index in [9.17, 15) is 9.59 Å². The van der Waals surface area contributed by atoms with Gasteiger partial charge in [-0.3, -0.25) is 4.79 Å². The molecular formula is C18H26N4O3S. The summed E-state index contributed by atoms with van der Waals surface area (Å²) in [7, 11) is 1.74. The molecule has 2 heterocycles. The zero-order valence-electron chi connectivity index (χ0n) is 15.2. The topological polar surface area (TPSA) is 75.6 Å². The predicted molar refractivity (Wildman–Crippen MR) is 100 cm³/mol. The van der Waals surface area contributed by atoms with Crippen molar-refractivity contribution in [2.75, 3.05) is 18.5 Å². The number of urea groups is 1. The van der Waals surface area contributed by atoms with Crippen molar-refractivity contribution in [3.63, 3.8) is 0 Å². The zero-order valence-corrected chi connectivity index (χ0v) is 16.0. The van der Waals surface area contributed by atoms with Crippen LogP contribution in [0.25, 0.3) is 0 Å². The monoisotopic (exact) mass is 378 g/mol. The average Bonchev–Trinajstić information content (AvgIpc) is 2.93. The SMILES string of the molecule is C=CCC(=O)OC1CCN(C)C(=O)N1c1nnc(C2CCCCCC2)s1. The van der Waals surface area contributed by atoms with E-state index in [1.165, 1.54) is 48.0 Å². The van der Waals surface area contributed by atoms with Gasteiger partial charge >= 0.3 is 12.0 Å². The van der Waals surface area contributed by atoms with Crippen molar-refractivity contribution in [2.24, 2.45) is 0 Å². The predicted octanol–water partition coefficient (Wildman–Crippen LogP) is 3.68. The van der Waals surface area contributed by atoms with Crippen LogP contribution in [0, 0.1) is 0 Å². The lowest BCUT2D eigenvalue weighted by Crippen LogP contribution is -2.54. The third-order valence-electron chi connectivity index (χ3n) is 4.95. The molecule has 142 valence electrons. The van der Waals surface area contributed by atoms with Crippen LogP contribution < -0.4 is 4.90 Å². The summed E-state index contributed by atoms with van der Waals surface area (Å²) in [4.78, 5) is 27.7. The van der Waals surface area contributed by atoms with E-state index < -0.39 is 6.23 Å². The standard InChI is InChI=1S/C18H26N4O3S/c1-3-8-15(23)25-14-11-12-21(2)18(24)22(14)17-20-19-16(26-17)13-9-6-4-5-7-10-13/h3,13-14H,1,4-12H2,2H3. The highest BCUT2D eigenvalue weighted by molar-refractivity contribution is 7.15. The van der Waals surface area contributed by atoms with Gasteiger partial charge in [0, 0.05) is 25.9 Å². The summed E-state index contributed by atoms with van der Waals surface area (Å²) < 4.78 is 5.50. The van der Waals surface area contributed by atoms with Crippen LogP contribution in [0.1, 0.15) is 62.3 Å². The van der Waals surface area contributed by atoms with Gasteiger partial charge in [-0.25, -0.2) is 9.69 Å². The van der Waals surface area contributed by atoms with Crippen LogP contribution in [0.5, 0.6) is 0 Å². The summed E-state index contributed by atoms with van der Waals surface area (Å²) in [6.45, 7) is 4.09. The van der Waals surface area contributed by atoms with Gasteiger partial charge in [-0.2, -0.15) is 0 Å². The second-order valence-corrected chi connectivity index (χ2v) is 7.90. The molecule has 8 heteroatoms. The van der Waals surface area contributed by atoms with Gasteiger partial charge < -0.3 is 9.64 Å². The number of esters is 1. The van der Waals surface area contributed by atoms with Crippen LogP contribution in [-0.2, 0) is 9.53 Å². The summed E-state index contributed by atoms with van der Waals surface area (Å²) in [5, 5.41) is 10.1. The Labute approximate surface area is 158 Å². The molecule has 0 spiro atoms. The van der Waals surface area contributed by atoms with Crippen molar-refractivity contribution in [1.29, 1.82) is 0 Å². The van der Waals surface area contributed by atoms with Gasteiger partial charge in [-0.15, -0.1) is 16.8 Å². The maximum absolute atomic E-state index is 12.7. The van der Waals surface area contributed by atoms with E-state index in [4.69, 9.17) is 4.74 Å². The molecule has 26 heavy (non-hydrogen) atoms. The first kappa shape index (κ1) is 18.8. The van der Waals surface area contributed by atoms with E-state index in [-0.39, 0.29) is 18.4 Å². The molecule has 1 saturated heterocycles. The molecular weight excluding hydrogens is 352 g/mol. The lowest BCUT2D eigenvalue weighted by atomic mass is 10.0. The molecule has 1 saturated carbocycles. The van der Waals surface area contributed by atoms with E-state index in [1.54, 1.807) is 11.9 Å². The number of nitrogens with zero attached hydrogens (tertiary/aromatic N) is 4. The van der Waals surface area contributed by atoms with E-state index >= 15 is 0 Å². The second-order valence-electron chi connectivity index (χ2n) is 6.91. The Bertz CT molecular complexity index is 655. The largest absolute Gasteiger partial charge is 0.441 e. The normalized spacial score (nSPS) is 22.2. The van der Waals surface area contributed by atoms with Crippen LogP contribution in [0.2, 0.25) is 0 Å². The quantitative estimate of drug-likeness (QED) is 0.444. The number of carbonyl (C=O) groups excluding carboxylic acids is 2. The van der Waals surface area contributed by atoms with Crippen molar-refractivity contribution < 1.29 is 14.3 Å². The van der Waals surface area contributed by atoms with Crippen LogP contribution in [0.15, 0.2) is 12.7 Å². The smallest absolute Gasteiger partial charge is 0.329 e. The third-order valence-corrected chi connectivity index (χ3v) is 6.04. The van der Waals surface area contributed by atoms with E-state index in [0.29, 0.717) is 24.0 Å². The second kappa shape index (κ2) is 8.62. The summed E-state index contributed by atoms with van der Waals surface area (Å²) >= 11 is 1.45. The summed E-state index contributed by atoms with van der Waals surface area (Å²) in [5.41, 5.74) is 0. The molecule has 2 aliphatic rings. The highest BCUT2D eigenvalue weighted by Gasteiger charge is 2.37. The molecule has 1 aliphatic carbocycles. The van der Waals surface area contributed by atoms with Crippen LogP contribution in [0.3, 0.4) is 0 Å². The summed E-state index contributed by atoms with van der Waals surface area (Å²) in [6, 6.07) is -0.212. The van der Waals surface area contributed by atoms with Crippen molar-refractivity contribution >= 4 is 28.5 Å². The highest BCUT2D eigenvalue weighted by atomic mass is 32.1. The molecule has 0 aromatic carbocycles.